The van der Waals surface area contributed by atoms with Crippen LogP contribution in [0.2, 0.25) is 0 Å². The summed E-state index contributed by atoms with van der Waals surface area (Å²) in [7, 11) is 0. The van der Waals surface area contributed by atoms with Gasteiger partial charge in [0, 0.05) is 17.6 Å². The van der Waals surface area contributed by atoms with Gasteiger partial charge in [-0.1, -0.05) is 26.0 Å². The van der Waals surface area contributed by atoms with Crippen molar-refractivity contribution in [1.29, 1.82) is 0 Å². The third-order valence-corrected chi connectivity index (χ3v) is 4.70. The number of carboxylic acids is 1. The van der Waals surface area contributed by atoms with Gasteiger partial charge in [-0.3, -0.25) is 4.79 Å². The van der Waals surface area contributed by atoms with E-state index in [4.69, 9.17) is 5.11 Å². The monoisotopic (exact) mass is 327 g/mol. The summed E-state index contributed by atoms with van der Waals surface area (Å²) in [4.78, 5) is 26.0. The highest BCUT2D eigenvalue weighted by Crippen LogP contribution is 2.22. The zero-order valence-corrected chi connectivity index (χ0v) is 14.7. The summed E-state index contributed by atoms with van der Waals surface area (Å²) in [6, 6.07) is 10.8. The average molecular weight is 327 g/mol. The molecule has 4 nitrogen and oxygen atoms in total. The molecule has 24 heavy (non-hydrogen) atoms. The van der Waals surface area contributed by atoms with E-state index in [1.807, 2.05) is 17.0 Å². The van der Waals surface area contributed by atoms with Gasteiger partial charge in [-0.2, -0.15) is 0 Å². The Balaban J connectivity index is 2.41. The zero-order chi connectivity index (χ0) is 17.9. The normalized spacial score (nSPS) is 13.5. The van der Waals surface area contributed by atoms with E-state index in [2.05, 4.69) is 27.7 Å². The third-order valence-electron chi connectivity index (χ3n) is 4.70. The van der Waals surface area contributed by atoms with Gasteiger partial charge in [0.2, 0.25) is 0 Å². The Morgan fingerprint density at radius 1 is 0.917 bits per heavy atom. The summed E-state index contributed by atoms with van der Waals surface area (Å²) >= 11 is 0. The van der Waals surface area contributed by atoms with E-state index < -0.39 is 5.97 Å². The molecule has 128 valence electrons. The number of benzene rings is 2. The van der Waals surface area contributed by atoms with Crippen LogP contribution in [-0.2, 0) is 0 Å². The Bertz CT molecular complexity index is 744. The van der Waals surface area contributed by atoms with Crippen LogP contribution in [0.1, 0.15) is 61.3 Å². The molecule has 0 aliphatic heterocycles. The van der Waals surface area contributed by atoms with Gasteiger partial charge in [0.05, 0.1) is 5.56 Å². The van der Waals surface area contributed by atoms with Gasteiger partial charge in [0.25, 0.3) is 5.91 Å². The molecule has 0 aliphatic rings. The standard InChI is InChI=1S/C20H25NO3/c1-5-13(3)21(14(4)6-2)19(22)17-9-7-16-12-18(20(23)24)10-8-15(16)11-17/h7-14H,5-6H2,1-4H3,(H,23,24). The van der Waals surface area contributed by atoms with E-state index in [1.165, 1.54) is 0 Å². The number of carbonyl (C=O) groups excluding carboxylic acids is 1. The molecular weight excluding hydrogens is 302 g/mol. The molecule has 0 spiro atoms. The Kier molecular flexibility index (Phi) is 5.60. The minimum Gasteiger partial charge on any atom is -0.478 e. The number of rotatable bonds is 6. The average Bonchev–Trinajstić information content (AvgIpc) is 2.60. The van der Waals surface area contributed by atoms with Crippen molar-refractivity contribution in [2.45, 2.75) is 52.6 Å². The number of amides is 1. The molecule has 2 atom stereocenters. The summed E-state index contributed by atoms with van der Waals surface area (Å²) in [6.45, 7) is 8.32. The number of carbonyl (C=O) groups is 2. The molecule has 2 unspecified atom stereocenters. The molecule has 1 N–H and O–H groups in total. The van der Waals surface area contributed by atoms with Crippen molar-refractivity contribution in [1.82, 2.24) is 4.90 Å². The molecule has 2 rings (SSSR count). The largest absolute Gasteiger partial charge is 0.478 e. The number of aromatic carboxylic acids is 1. The lowest BCUT2D eigenvalue weighted by atomic mass is 10.0. The third kappa shape index (κ3) is 3.58. The van der Waals surface area contributed by atoms with Crippen LogP contribution in [0.4, 0.5) is 0 Å². The molecule has 2 aromatic carbocycles. The van der Waals surface area contributed by atoms with E-state index in [1.54, 1.807) is 24.3 Å². The maximum Gasteiger partial charge on any atom is 0.335 e. The molecule has 0 saturated heterocycles. The van der Waals surface area contributed by atoms with E-state index in [-0.39, 0.29) is 23.6 Å². The van der Waals surface area contributed by atoms with Crippen LogP contribution in [-0.4, -0.2) is 34.0 Å². The molecule has 0 aliphatic carbocycles. The molecule has 0 bridgehead atoms. The second kappa shape index (κ2) is 7.47. The predicted octanol–water partition coefficient (Wildman–Crippen LogP) is 4.58. The van der Waals surface area contributed by atoms with Crippen molar-refractivity contribution in [3.05, 3.63) is 47.5 Å². The maximum atomic E-state index is 13.0. The Hall–Kier alpha value is -2.36. The number of carboxylic acid groups (broad SMARTS) is 1. The Morgan fingerprint density at radius 2 is 1.38 bits per heavy atom. The predicted molar refractivity (Wildman–Crippen MR) is 96.6 cm³/mol. The second-order valence-corrected chi connectivity index (χ2v) is 6.31. The fraction of sp³-hybridized carbons (Fsp3) is 0.400. The Labute approximate surface area is 143 Å². The highest BCUT2D eigenvalue weighted by atomic mass is 16.4. The van der Waals surface area contributed by atoms with Crippen LogP contribution in [0.3, 0.4) is 0 Å². The van der Waals surface area contributed by atoms with Crippen molar-refractivity contribution in [2.75, 3.05) is 0 Å². The molecule has 0 heterocycles. The van der Waals surface area contributed by atoms with Gasteiger partial charge in [-0.15, -0.1) is 0 Å². The SMILES string of the molecule is CCC(C)N(C(=O)c1ccc2cc(C(=O)O)ccc2c1)C(C)CC. The minimum atomic E-state index is -0.947. The second-order valence-electron chi connectivity index (χ2n) is 6.31. The van der Waals surface area contributed by atoms with Gasteiger partial charge < -0.3 is 10.0 Å². The maximum absolute atomic E-state index is 13.0. The summed E-state index contributed by atoms with van der Waals surface area (Å²) in [6.07, 6.45) is 1.82. The van der Waals surface area contributed by atoms with Crippen LogP contribution >= 0.6 is 0 Å². The lowest BCUT2D eigenvalue weighted by Gasteiger charge is -2.34. The van der Waals surface area contributed by atoms with Crippen LogP contribution in [0.15, 0.2) is 36.4 Å². The van der Waals surface area contributed by atoms with Crippen molar-refractivity contribution in [3.8, 4) is 0 Å². The van der Waals surface area contributed by atoms with Gasteiger partial charge in [-0.05, 0) is 61.7 Å². The summed E-state index contributed by atoms with van der Waals surface area (Å²) in [5.74, 6) is -0.917. The fourth-order valence-electron chi connectivity index (χ4n) is 2.89. The minimum absolute atomic E-state index is 0.0305. The topological polar surface area (TPSA) is 57.6 Å². The smallest absolute Gasteiger partial charge is 0.335 e. The van der Waals surface area contributed by atoms with Crippen molar-refractivity contribution < 1.29 is 14.7 Å². The molecular formula is C20H25NO3. The number of fused-ring (bicyclic) bond motifs is 1. The first-order valence-electron chi connectivity index (χ1n) is 8.48. The Morgan fingerprint density at radius 3 is 1.83 bits per heavy atom. The molecule has 0 fully saturated rings. The van der Waals surface area contributed by atoms with Crippen LogP contribution < -0.4 is 0 Å². The lowest BCUT2D eigenvalue weighted by molar-refractivity contribution is 0.0597. The molecule has 4 heteroatoms. The van der Waals surface area contributed by atoms with E-state index in [0.29, 0.717) is 5.56 Å². The van der Waals surface area contributed by atoms with E-state index >= 15 is 0 Å². The van der Waals surface area contributed by atoms with Gasteiger partial charge in [0.15, 0.2) is 0 Å². The quantitative estimate of drug-likeness (QED) is 0.845. The van der Waals surface area contributed by atoms with Gasteiger partial charge in [0.1, 0.15) is 0 Å². The van der Waals surface area contributed by atoms with E-state index in [0.717, 1.165) is 23.6 Å². The number of hydrogen-bond acceptors (Lipinski definition) is 2. The summed E-state index contributed by atoms with van der Waals surface area (Å²) in [5, 5.41) is 10.8. The van der Waals surface area contributed by atoms with Crippen LogP contribution in [0.25, 0.3) is 10.8 Å². The highest BCUT2D eigenvalue weighted by Gasteiger charge is 2.24. The fourth-order valence-corrected chi connectivity index (χ4v) is 2.89. The number of nitrogens with zero attached hydrogens (tertiary/aromatic N) is 1. The molecule has 2 aromatic rings. The first-order valence-corrected chi connectivity index (χ1v) is 8.48. The van der Waals surface area contributed by atoms with E-state index in [9.17, 15) is 9.59 Å². The van der Waals surface area contributed by atoms with Crippen molar-refractivity contribution in [2.24, 2.45) is 0 Å². The zero-order valence-electron chi connectivity index (χ0n) is 14.7. The lowest BCUT2D eigenvalue weighted by Crippen LogP contribution is -2.44. The van der Waals surface area contributed by atoms with Gasteiger partial charge in [-0.25, -0.2) is 4.79 Å². The molecule has 0 saturated carbocycles. The summed E-state index contributed by atoms with van der Waals surface area (Å²) in [5.41, 5.74) is 0.897. The van der Waals surface area contributed by atoms with Gasteiger partial charge >= 0.3 is 5.97 Å². The molecule has 0 radical (unpaired) electrons. The van der Waals surface area contributed by atoms with Crippen LogP contribution in [0.5, 0.6) is 0 Å². The molecule has 0 aromatic heterocycles. The first kappa shape index (κ1) is 18.0. The first-order chi connectivity index (χ1) is 11.4. The van der Waals surface area contributed by atoms with Crippen molar-refractivity contribution in [3.63, 3.8) is 0 Å². The van der Waals surface area contributed by atoms with Crippen molar-refractivity contribution >= 4 is 22.6 Å². The highest BCUT2D eigenvalue weighted by molar-refractivity contribution is 6.00. The molecule has 1 amide bonds. The number of hydrogen-bond donors (Lipinski definition) is 1. The van der Waals surface area contributed by atoms with Crippen LogP contribution in [0, 0.1) is 0 Å². The summed E-state index contributed by atoms with van der Waals surface area (Å²) < 4.78 is 0.